The quantitative estimate of drug-likeness (QED) is 0.605. The Kier molecular flexibility index (Phi) is 6.39. The van der Waals surface area contributed by atoms with E-state index in [1.54, 1.807) is 6.07 Å². The Balaban J connectivity index is 1.74. The van der Waals surface area contributed by atoms with Crippen LogP contribution in [0.15, 0.2) is 66.9 Å². The van der Waals surface area contributed by atoms with Crippen LogP contribution in [-0.4, -0.2) is 16.8 Å². The second-order valence-corrected chi connectivity index (χ2v) is 7.13. The molecule has 1 aromatic heterocycles. The van der Waals surface area contributed by atoms with Crippen molar-refractivity contribution in [2.45, 2.75) is 33.1 Å². The molecular formula is C24H25N3O2. The minimum Gasteiger partial charge on any atom is -0.322 e. The lowest BCUT2D eigenvalue weighted by molar-refractivity contribution is 0.102. The first-order chi connectivity index (χ1) is 14.0. The van der Waals surface area contributed by atoms with Gasteiger partial charge in [-0.05, 0) is 53.8 Å². The van der Waals surface area contributed by atoms with Crippen LogP contribution in [0.3, 0.4) is 0 Å². The molecular weight excluding hydrogens is 362 g/mol. The minimum absolute atomic E-state index is 0.192. The van der Waals surface area contributed by atoms with Crippen molar-refractivity contribution in [2.24, 2.45) is 0 Å². The molecule has 5 nitrogen and oxygen atoms in total. The van der Waals surface area contributed by atoms with Gasteiger partial charge in [-0.25, -0.2) is 0 Å². The predicted molar refractivity (Wildman–Crippen MR) is 116 cm³/mol. The normalized spacial score (nSPS) is 10.6. The number of nitrogens with one attached hydrogen (secondary N) is 2. The number of rotatable bonds is 6. The van der Waals surface area contributed by atoms with Crippen molar-refractivity contribution in [2.75, 3.05) is 10.6 Å². The third-order valence-corrected chi connectivity index (χ3v) is 4.71. The smallest absolute Gasteiger partial charge is 0.274 e. The van der Waals surface area contributed by atoms with E-state index in [4.69, 9.17) is 0 Å². The van der Waals surface area contributed by atoms with Crippen LogP contribution >= 0.6 is 0 Å². The Labute approximate surface area is 171 Å². The summed E-state index contributed by atoms with van der Waals surface area (Å²) in [6.45, 7) is 6.22. The van der Waals surface area contributed by atoms with Gasteiger partial charge in [0.05, 0.1) is 0 Å². The van der Waals surface area contributed by atoms with E-state index in [1.165, 1.54) is 17.8 Å². The van der Waals surface area contributed by atoms with Crippen LogP contribution < -0.4 is 10.6 Å². The summed E-state index contributed by atoms with van der Waals surface area (Å²) in [4.78, 5) is 29.4. The zero-order valence-corrected chi connectivity index (χ0v) is 16.9. The number of carbonyl (C=O) groups is 2. The molecule has 2 aromatic carbocycles. The van der Waals surface area contributed by atoms with Crippen molar-refractivity contribution in [3.63, 3.8) is 0 Å². The van der Waals surface area contributed by atoms with Gasteiger partial charge >= 0.3 is 0 Å². The summed E-state index contributed by atoms with van der Waals surface area (Å²) in [6, 6.07) is 18.5. The standard InChI is InChI=1S/C24H25N3O2/c1-4-17-9-11-19(12-10-17)26-23(28)18-13-14-25-22(15-18)24(29)27-21-8-6-5-7-20(21)16(2)3/h5-16H,4H2,1-3H3,(H,26,28)(H,27,29). The Bertz CT molecular complexity index is 1010. The van der Waals surface area contributed by atoms with Gasteiger partial charge in [0.25, 0.3) is 11.8 Å². The lowest BCUT2D eigenvalue weighted by Crippen LogP contribution is -2.17. The average molecular weight is 387 g/mol. The maximum absolute atomic E-state index is 12.7. The first-order valence-electron chi connectivity index (χ1n) is 9.74. The van der Waals surface area contributed by atoms with Gasteiger partial charge in [0.2, 0.25) is 0 Å². The number of carbonyl (C=O) groups excluding carboxylic acids is 2. The Morgan fingerprint density at radius 3 is 2.34 bits per heavy atom. The molecule has 0 atom stereocenters. The monoisotopic (exact) mass is 387 g/mol. The molecule has 29 heavy (non-hydrogen) atoms. The van der Waals surface area contributed by atoms with Crippen molar-refractivity contribution < 1.29 is 9.59 Å². The number of benzene rings is 2. The minimum atomic E-state index is -0.347. The van der Waals surface area contributed by atoms with Gasteiger partial charge in [-0.2, -0.15) is 0 Å². The van der Waals surface area contributed by atoms with Crippen molar-refractivity contribution in [1.29, 1.82) is 0 Å². The van der Waals surface area contributed by atoms with Crippen molar-refractivity contribution >= 4 is 23.2 Å². The van der Waals surface area contributed by atoms with Gasteiger partial charge < -0.3 is 10.6 Å². The maximum Gasteiger partial charge on any atom is 0.274 e. The fraction of sp³-hybridized carbons (Fsp3) is 0.208. The van der Waals surface area contributed by atoms with Crippen LogP contribution in [0.2, 0.25) is 0 Å². The zero-order valence-electron chi connectivity index (χ0n) is 16.9. The number of aryl methyl sites for hydroxylation is 1. The van der Waals surface area contributed by atoms with Gasteiger partial charge in [0, 0.05) is 23.1 Å². The molecule has 148 valence electrons. The van der Waals surface area contributed by atoms with E-state index >= 15 is 0 Å². The van der Waals surface area contributed by atoms with Gasteiger partial charge in [-0.15, -0.1) is 0 Å². The molecule has 0 saturated heterocycles. The number of aromatic nitrogens is 1. The van der Waals surface area contributed by atoms with Gasteiger partial charge in [0.15, 0.2) is 0 Å². The largest absolute Gasteiger partial charge is 0.322 e. The predicted octanol–water partition coefficient (Wildman–Crippen LogP) is 5.27. The average Bonchev–Trinajstić information content (AvgIpc) is 2.74. The zero-order chi connectivity index (χ0) is 20.8. The van der Waals surface area contributed by atoms with E-state index in [0.717, 1.165) is 17.7 Å². The van der Waals surface area contributed by atoms with Crippen LogP contribution in [0.25, 0.3) is 0 Å². The van der Waals surface area contributed by atoms with Gasteiger partial charge in [-0.1, -0.05) is 51.1 Å². The number of pyridine rings is 1. The van der Waals surface area contributed by atoms with Crippen LogP contribution in [0.4, 0.5) is 11.4 Å². The summed E-state index contributed by atoms with van der Waals surface area (Å²) in [7, 11) is 0. The van der Waals surface area contributed by atoms with Gasteiger partial charge in [0.1, 0.15) is 5.69 Å². The Hall–Kier alpha value is -3.47. The van der Waals surface area contributed by atoms with Crippen LogP contribution in [0.1, 0.15) is 58.7 Å². The molecule has 1 heterocycles. The first kappa shape index (κ1) is 20.3. The highest BCUT2D eigenvalue weighted by atomic mass is 16.2. The molecule has 0 unspecified atom stereocenters. The van der Waals surface area contributed by atoms with Gasteiger partial charge in [-0.3, -0.25) is 14.6 Å². The van der Waals surface area contributed by atoms with E-state index < -0.39 is 0 Å². The molecule has 2 N–H and O–H groups in total. The third-order valence-electron chi connectivity index (χ3n) is 4.71. The molecule has 0 aliphatic heterocycles. The summed E-state index contributed by atoms with van der Waals surface area (Å²) in [5, 5.41) is 5.75. The van der Waals surface area contributed by atoms with E-state index in [1.807, 2.05) is 48.5 Å². The summed E-state index contributed by atoms with van der Waals surface area (Å²) >= 11 is 0. The van der Waals surface area contributed by atoms with E-state index in [9.17, 15) is 9.59 Å². The number of amides is 2. The lowest BCUT2D eigenvalue weighted by Gasteiger charge is -2.13. The second kappa shape index (κ2) is 9.15. The number of anilines is 2. The fourth-order valence-corrected chi connectivity index (χ4v) is 3.02. The summed E-state index contributed by atoms with van der Waals surface area (Å²) in [5.74, 6) is -0.357. The van der Waals surface area contributed by atoms with Crippen LogP contribution in [-0.2, 0) is 6.42 Å². The summed E-state index contributed by atoms with van der Waals surface area (Å²) < 4.78 is 0. The molecule has 0 fully saturated rings. The third kappa shape index (κ3) is 5.08. The molecule has 0 radical (unpaired) electrons. The summed E-state index contributed by atoms with van der Waals surface area (Å²) in [6.07, 6.45) is 2.41. The van der Waals surface area contributed by atoms with E-state index in [2.05, 4.69) is 36.4 Å². The van der Waals surface area contributed by atoms with E-state index in [0.29, 0.717) is 11.3 Å². The molecule has 0 bridgehead atoms. The topological polar surface area (TPSA) is 71.1 Å². The molecule has 0 aliphatic carbocycles. The summed E-state index contributed by atoms with van der Waals surface area (Å²) in [5.41, 5.74) is 4.28. The maximum atomic E-state index is 12.7. The highest BCUT2D eigenvalue weighted by molar-refractivity contribution is 6.08. The van der Waals surface area contributed by atoms with Crippen molar-refractivity contribution in [3.05, 3.63) is 89.2 Å². The van der Waals surface area contributed by atoms with Crippen molar-refractivity contribution in [1.82, 2.24) is 4.98 Å². The fourth-order valence-electron chi connectivity index (χ4n) is 3.02. The number of hydrogen-bond acceptors (Lipinski definition) is 3. The molecule has 0 spiro atoms. The first-order valence-corrected chi connectivity index (χ1v) is 9.74. The van der Waals surface area contributed by atoms with Crippen LogP contribution in [0.5, 0.6) is 0 Å². The molecule has 3 aromatic rings. The molecule has 2 amide bonds. The molecule has 5 heteroatoms. The van der Waals surface area contributed by atoms with Crippen molar-refractivity contribution in [3.8, 4) is 0 Å². The number of para-hydroxylation sites is 1. The highest BCUT2D eigenvalue weighted by Gasteiger charge is 2.14. The SMILES string of the molecule is CCc1ccc(NC(=O)c2ccnc(C(=O)Nc3ccccc3C(C)C)c2)cc1. The molecule has 0 aliphatic rings. The Morgan fingerprint density at radius 2 is 1.66 bits per heavy atom. The highest BCUT2D eigenvalue weighted by Crippen LogP contribution is 2.24. The second-order valence-electron chi connectivity index (χ2n) is 7.13. The molecule has 0 saturated carbocycles. The van der Waals surface area contributed by atoms with Crippen LogP contribution in [0, 0.1) is 0 Å². The van der Waals surface area contributed by atoms with E-state index in [-0.39, 0.29) is 23.4 Å². The molecule has 3 rings (SSSR count). The number of hydrogen-bond donors (Lipinski definition) is 2. The number of nitrogens with zero attached hydrogens (tertiary/aromatic N) is 1. The Morgan fingerprint density at radius 1 is 0.931 bits per heavy atom. The lowest BCUT2D eigenvalue weighted by atomic mass is 10.0.